The summed E-state index contributed by atoms with van der Waals surface area (Å²) in [4.78, 5) is 10.4. The van der Waals surface area contributed by atoms with Crippen LogP contribution in [0.1, 0.15) is 32.3 Å². The van der Waals surface area contributed by atoms with Crippen molar-refractivity contribution in [3.63, 3.8) is 0 Å². The molecule has 1 aromatic rings. The molecule has 0 unspecified atom stereocenters. The molecule has 0 bridgehead atoms. The third kappa shape index (κ3) is 3.43. The van der Waals surface area contributed by atoms with Gasteiger partial charge in [0.25, 0.3) is 5.69 Å². The number of aryl methyl sites for hydroxylation is 1. The highest BCUT2D eigenvalue weighted by Crippen LogP contribution is 2.23. The van der Waals surface area contributed by atoms with Crippen LogP contribution in [0.5, 0.6) is 0 Å². The largest absolute Gasteiger partial charge is 0.388 e. The third-order valence-corrected chi connectivity index (χ3v) is 3.34. The summed E-state index contributed by atoms with van der Waals surface area (Å²) in [5, 5.41) is 24.0. The first-order chi connectivity index (χ1) is 8.41. The van der Waals surface area contributed by atoms with E-state index >= 15 is 0 Å². The fraction of sp³-hybridized carbons (Fsp3) is 0.538. The van der Waals surface area contributed by atoms with Crippen molar-refractivity contribution < 1.29 is 10.0 Å². The van der Waals surface area contributed by atoms with Crippen LogP contribution >= 0.6 is 0 Å². The van der Waals surface area contributed by atoms with Gasteiger partial charge in [-0.25, -0.2) is 0 Å². The normalized spacial score (nSPS) is 11.3. The lowest BCUT2D eigenvalue weighted by molar-refractivity contribution is -0.385. The molecular weight excluding hydrogens is 232 g/mol. The second-order valence-corrected chi connectivity index (χ2v) is 4.54. The average Bonchev–Trinajstić information content (AvgIpc) is 2.37. The summed E-state index contributed by atoms with van der Waals surface area (Å²) in [5.74, 6) is 0. The molecule has 0 radical (unpaired) electrons. The van der Waals surface area contributed by atoms with Crippen LogP contribution in [0.15, 0.2) is 18.2 Å². The Morgan fingerprint density at radius 3 is 2.50 bits per heavy atom. The van der Waals surface area contributed by atoms with Crippen molar-refractivity contribution >= 4 is 11.4 Å². The van der Waals surface area contributed by atoms with Gasteiger partial charge in [0.15, 0.2) is 0 Å². The number of nitrogens with zero attached hydrogens (tertiary/aromatic N) is 1. The molecule has 0 aliphatic heterocycles. The zero-order valence-electron chi connectivity index (χ0n) is 11.1. The molecule has 1 aromatic carbocycles. The fourth-order valence-corrected chi connectivity index (χ4v) is 1.68. The van der Waals surface area contributed by atoms with Crippen LogP contribution in [0.4, 0.5) is 11.4 Å². The van der Waals surface area contributed by atoms with Crippen LogP contribution < -0.4 is 5.32 Å². The zero-order chi connectivity index (χ0) is 13.8. The van der Waals surface area contributed by atoms with Gasteiger partial charge in [0.1, 0.15) is 0 Å². The summed E-state index contributed by atoms with van der Waals surface area (Å²) in [7, 11) is 0. The Balaban J connectivity index is 2.80. The first-order valence-electron chi connectivity index (χ1n) is 6.13. The summed E-state index contributed by atoms with van der Waals surface area (Å²) in [6.45, 7) is 5.93. The van der Waals surface area contributed by atoms with E-state index in [0.29, 0.717) is 30.6 Å². The van der Waals surface area contributed by atoms with Gasteiger partial charge in [-0.15, -0.1) is 0 Å². The van der Waals surface area contributed by atoms with Gasteiger partial charge in [0.05, 0.1) is 10.5 Å². The second kappa shape index (κ2) is 5.82. The highest BCUT2D eigenvalue weighted by molar-refractivity contribution is 5.55. The lowest BCUT2D eigenvalue weighted by atomic mass is 9.97. The van der Waals surface area contributed by atoms with Gasteiger partial charge in [-0.2, -0.15) is 0 Å². The number of nitro benzene ring substituents is 1. The predicted molar refractivity (Wildman–Crippen MR) is 71.9 cm³/mol. The Morgan fingerprint density at radius 2 is 2.00 bits per heavy atom. The minimum Gasteiger partial charge on any atom is -0.388 e. The van der Waals surface area contributed by atoms with E-state index in [-0.39, 0.29) is 5.69 Å². The third-order valence-electron chi connectivity index (χ3n) is 3.34. The summed E-state index contributed by atoms with van der Waals surface area (Å²) in [6.07, 6.45) is 1.29. The van der Waals surface area contributed by atoms with E-state index in [1.807, 2.05) is 13.8 Å². The van der Waals surface area contributed by atoms with Crippen LogP contribution in [0, 0.1) is 17.0 Å². The summed E-state index contributed by atoms with van der Waals surface area (Å²) in [5.41, 5.74) is 0.621. The number of hydrogen-bond acceptors (Lipinski definition) is 4. The van der Waals surface area contributed by atoms with Crippen LogP contribution in [-0.4, -0.2) is 22.2 Å². The van der Waals surface area contributed by atoms with E-state index in [4.69, 9.17) is 0 Å². The lowest BCUT2D eigenvalue weighted by Gasteiger charge is -2.25. The maximum absolute atomic E-state index is 10.8. The minimum atomic E-state index is -0.764. The molecule has 0 saturated heterocycles. The number of aliphatic hydroxyl groups is 1. The second-order valence-electron chi connectivity index (χ2n) is 4.54. The first-order valence-corrected chi connectivity index (χ1v) is 6.13. The van der Waals surface area contributed by atoms with Crippen molar-refractivity contribution in [1.29, 1.82) is 0 Å². The van der Waals surface area contributed by atoms with Crippen molar-refractivity contribution in [3.05, 3.63) is 33.9 Å². The molecule has 0 atom stereocenters. The maximum Gasteiger partial charge on any atom is 0.274 e. The maximum atomic E-state index is 10.8. The number of nitrogens with one attached hydrogen (secondary N) is 1. The Kier molecular flexibility index (Phi) is 4.67. The first kappa shape index (κ1) is 14.4. The summed E-state index contributed by atoms with van der Waals surface area (Å²) >= 11 is 0. The predicted octanol–water partition coefficient (Wildman–Crippen LogP) is 2.87. The molecule has 5 heteroatoms. The van der Waals surface area contributed by atoms with Gasteiger partial charge in [0, 0.05) is 23.9 Å². The van der Waals surface area contributed by atoms with Gasteiger partial charge in [0.2, 0.25) is 0 Å². The topological polar surface area (TPSA) is 75.4 Å². The molecule has 2 N–H and O–H groups in total. The van der Waals surface area contributed by atoms with Gasteiger partial charge < -0.3 is 10.4 Å². The number of anilines is 1. The fourth-order valence-electron chi connectivity index (χ4n) is 1.68. The Bertz CT molecular complexity index is 428. The quantitative estimate of drug-likeness (QED) is 0.603. The molecule has 0 spiro atoms. The standard InChI is InChI=1S/C13H20N2O3/c1-4-13(16,5-2)9-14-11-7-6-10(3)12(8-11)15(17)18/h6-8,14,16H,4-5,9H2,1-3H3. The number of hydrogen-bond donors (Lipinski definition) is 2. The van der Waals surface area contributed by atoms with E-state index in [0.717, 1.165) is 0 Å². The molecule has 5 nitrogen and oxygen atoms in total. The summed E-state index contributed by atoms with van der Waals surface area (Å²) < 4.78 is 0. The minimum absolute atomic E-state index is 0.0940. The van der Waals surface area contributed by atoms with Crippen LogP contribution in [-0.2, 0) is 0 Å². The molecular formula is C13H20N2O3. The van der Waals surface area contributed by atoms with Gasteiger partial charge >= 0.3 is 0 Å². The molecule has 18 heavy (non-hydrogen) atoms. The SMILES string of the molecule is CCC(O)(CC)CNc1ccc(C)c([N+](=O)[O-])c1. The monoisotopic (exact) mass is 252 g/mol. The van der Waals surface area contributed by atoms with Gasteiger partial charge in [-0.05, 0) is 25.8 Å². The van der Waals surface area contributed by atoms with E-state index in [9.17, 15) is 15.2 Å². The Labute approximate surface area is 107 Å². The van der Waals surface area contributed by atoms with E-state index in [1.54, 1.807) is 19.1 Å². The van der Waals surface area contributed by atoms with Crippen molar-refractivity contribution in [1.82, 2.24) is 0 Å². The molecule has 0 heterocycles. The molecule has 0 aromatic heterocycles. The Morgan fingerprint density at radius 1 is 1.39 bits per heavy atom. The number of rotatable bonds is 6. The van der Waals surface area contributed by atoms with E-state index in [2.05, 4.69) is 5.32 Å². The van der Waals surface area contributed by atoms with Crippen LogP contribution in [0.3, 0.4) is 0 Å². The zero-order valence-corrected chi connectivity index (χ0v) is 11.1. The van der Waals surface area contributed by atoms with Crippen molar-refractivity contribution in [2.75, 3.05) is 11.9 Å². The van der Waals surface area contributed by atoms with E-state index in [1.165, 1.54) is 6.07 Å². The Hall–Kier alpha value is -1.62. The van der Waals surface area contributed by atoms with Crippen LogP contribution in [0.25, 0.3) is 0 Å². The van der Waals surface area contributed by atoms with Gasteiger partial charge in [-0.3, -0.25) is 10.1 Å². The molecule has 0 saturated carbocycles. The van der Waals surface area contributed by atoms with E-state index < -0.39 is 10.5 Å². The highest BCUT2D eigenvalue weighted by atomic mass is 16.6. The molecule has 0 fully saturated rings. The molecule has 0 aliphatic rings. The van der Waals surface area contributed by atoms with Crippen molar-refractivity contribution in [3.8, 4) is 0 Å². The number of nitro groups is 1. The average molecular weight is 252 g/mol. The smallest absolute Gasteiger partial charge is 0.274 e. The molecule has 100 valence electrons. The number of benzene rings is 1. The molecule has 0 amide bonds. The lowest BCUT2D eigenvalue weighted by Crippen LogP contribution is -2.35. The van der Waals surface area contributed by atoms with Crippen molar-refractivity contribution in [2.45, 2.75) is 39.2 Å². The molecule has 0 aliphatic carbocycles. The van der Waals surface area contributed by atoms with Crippen LogP contribution in [0.2, 0.25) is 0 Å². The summed E-state index contributed by atoms with van der Waals surface area (Å²) in [6, 6.07) is 4.99. The van der Waals surface area contributed by atoms with Crippen molar-refractivity contribution in [2.24, 2.45) is 0 Å². The molecule has 1 rings (SSSR count). The highest BCUT2D eigenvalue weighted by Gasteiger charge is 2.22. The van der Waals surface area contributed by atoms with Gasteiger partial charge in [-0.1, -0.05) is 19.9 Å².